The monoisotopic (exact) mass is 319 g/mol. The van der Waals surface area contributed by atoms with Crippen molar-refractivity contribution in [1.29, 1.82) is 0 Å². The number of hydrogen-bond acceptors (Lipinski definition) is 5. The number of hydrogen-bond donors (Lipinski definition) is 2. The highest BCUT2D eigenvalue weighted by Crippen LogP contribution is 2.40. The van der Waals surface area contributed by atoms with Gasteiger partial charge in [0.2, 0.25) is 0 Å². The number of nitrogens with zero attached hydrogens (tertiary/aromatic N) is 1. The molecule has 0 radical (unpaired) electrons. The van der Waals surface area contributed by atoms with Crippen molar-refractivity contribution in [2.45, 2.75) is 29.9 Å². The van der Waals surface area contributed by atoms with Crippen LogP contribution < -0.4 is 11.3 Å². The van der Waals surface area contributed by atoms with Gasteiger partial charge in [0.25, 0.3) is 0 Å². The van der Waals surface area contributed by atoms with Gasteiger partial charge in [-0.25, -0.2) is 0 Å². The summed E-state index contributed by atoms with van der Waals surface area (Å²) in [5, 5.41) is 2.35. The molecule has 0 amide bonds. The molecule has 0 aliphatic carbocycles. The van der Waals surface area contributed by atoms with Crippen LogP contribution in [0.4, 0.5) is 0 Å². The molecule has 2 heterocycles. The zero-order valence-electron chi connectivity index (χ0n) is 12.2. The minimum atomic E-state index is 0.180. The predicted molar refractivity (Wildman–Crippen MR) is 94.6 cm³/mol. The summed E-state index contributed by atoms with van der Waals surface area (Å²) < 4.78 is 0. The van der Waals surface area contributed by atoms with Gasteiger partial charge in [-0.05, 0) is 24.1 Å². The third-order valence-electron chi connectivity index (χ3n) is 3.99. The van der Waals surface area contributed by atoms with Crippen molar-refractivity contribution in [1.82, 2.24) is 10.4 Å². The van der Waals surface area contributed by atoms with E-state index in [9.17, 15) is 0 Å². The highest BCUT2D eigenvalue weighted by molar-refractivity contribution is 8.07. The zero-order valence-corrected chi connectivity index (χ0v) is 13.8. The number of nitrogens with two attached hydrogens (primary N) is 1. The Kier molecular flexibility index (Phi) is 5.06. The fourth-order valence-electron chi connectivity index (χ4n) is 2.90. The molecule has 1 fully saturated rings. The summed E-state index contributed by atoms with van der Waals surface area (Å²) in [6.07, 6.45) is 3.03. The highest BCUT2D eigenvalue weighted by Gasteiger charge is 2.32. The third kappa shape index (κ3) is 3.21. The van der Waals surface area contributed by atoms with Crippen LogP contribution in [0.1, 0.15) is 24.9 Å². The first-order chi connectivity index (χ1) is 10.3. The number of pyridine rings is 1. The molecule has 1 aromatic heterocycles. The molecule has 1 aromatic carbocycles. The van der Waals surface area contributed by atoms with Gasteiger partial charge in [-0.15, -0.1) is 0 Å². The van der Waals surface area contributed by atoms with Crippen molar-refractivity contribution in [3.8, 4) is 0 Å². The van der Waals surface area contributed by atoms with Gasteiger partial charge in [0, 0.05) is 33.6 Å². The molecular formula is C16H21N3S2. The van der Waals surface area contributed by atoms with Crippen molar-refractivity contribution in [2.75, 3.05) is 11.5 Å². The first-order valence-electron chi connectivity index (χ1n) is 7.37. The Labute approximate surface area is 134 Å². The summed E-state index contributed by atoms with van der Waals surface area (Å²) in [5.41, 5.74) is 5.33. The van der Waals surface area contributed by atoms with Gasteiger partial charge in [0.15, 0.2) is 0 Å². The molecule has 0 spiro atoms. The third-order valence-corrected chi connectivity index (χ3v) is 7.34. The second-order valence-corrected chi connectivity index (χ2v) is 7.89. The fraction of sp³-hybridized carbons (Fsp3) is 0.438. The highest BCUT2D eigenvalue weighted by atomic mass is 32.2. The molecule has 1 saturated heterocycles. The summed E-state index contributed by atoms with van der Waals surface area (Å²) in [4.78, 5) is 4.46. The van der Waals surface area contributed by atoms with Crippen LogP contribution in [0, 0.1) is 0 Å². The molecule has 112 valence electrons. The average Bonchev–Trinajstić information content (AvgIpc) is 2.56. The molecule has 5 heteroatoms. The van der Waals surface area contributed by atoms with Crippen LogP contribution in [-0.2, 0) is 0 Å². The largest absolute Gasteiger partial charge is 0.271 e. The summed E-state index contributed by atoms with van der Waals surface area (Å²) >= 11 is 4.13. The first kappa shape index (κ1) is 15.2. The van der Waals surface area contributed by atoms with Gasteiger partial charge in [-0.3, -0.25) is 16.3 Å². The van der Waals surface area contributed by atoms with Crippen molar-refractivity contribution in [3.05, 3.63) is 42.1 Å². The van der Waals surface area contributed by atoms with E-state index < -0.39 is 0 Å². The van der Waals surface area contributed by atoms with Crippen molar-refractivity contribution in [2.24, 2.45) is 5.84 Å². The van der Waals surface area contributed by atoms with Crippen LogP contribution in [0.15, 0.2) is 36.5 Å². The molecule has 2 aromatic rings. The normalized spacial score (nSPS) is 24.1. The number of rotatable bonds is 4. The van der Waals surface area contributed by atoms with E-state index in [1.807, 2.05) is 24.0 Å². The molecule has 3 rings (SSSR count). The summed E-state index contributed by atoms with van der Waals surface area (Å²) in [6, 6.07) is 10.7. The maximum Gasteiger partial charge on any atom is 0.0705 e. The maximum absolute atomic E-state index is 5.90. The van der Waals surface area contributed by atoms with E-state index >= 15 is 0 Å². The lowest BCUT2D eigenvalue weighted by molar-refractivity contribution is 0.514. The van der Waals surface area contributed by atoms with Crippen LogP contribution in [-0.4, -0.2) is 27.0 Å². The second-order valence-electron chi connectivity index (χ2n) is 5.25. The number of benzene rings is 1. The Hall–Kier alpha value is -0.750. The molecule has 3 N–H and O–H groups in total. The fourth-order valence-corrected chi connectivity index (χ4v) is 6.14. The lowest BCUT2D eigenvalue weighted by Gasteiger charge is -2.35. The second kappa shape index (κ2) is 7.01. The van der Waals surface area contributed by atoms with Gasteiger partial charge in [0.1, 0.15) is 0 Å². The number of thioether (sulfide) groups is 2. The molecule has 0 bridgehead atoms. The molecular weight excluding hydrogens is 298 g/mol. The Bertz CT molecular complexity index is 605. The lowest BCUT2D eigenvalue weighted by atomic mass is 9.99. The smallest absolute Gasteiger partial charge is 0.0705 e. The van der Waals surface area contributed by atoms with Gasteiger partial charge in [0.05, 0.1) is 11.6 Å². The minimum absolute atomic E-state index is 0.180. The summed E-state index contributed by atoms with van der Waals surface area (Å²) in [6.45, 7) is 2.27. The molecule has 1 aliphatic heterocycles. The van der Waals surface area contributed by atoms with Crippen molar-refractivity contribution >= 4 is 34.4 Å². The van der Waals surface area contributed by atoms with E-state index in [-0.39, 0.29) is 6.04 Å². The Morgan fingerprint density at radius 2 is 2.19 bits per heavy atom. The van der Waals surface area contributed by atoms with Crippen LogP contribution in [0.5, 0.6) is 0 Å². The lowest BCUT2D eigenvalue weighted by Crippen LogP contribution is -2.41. The Morgan fingerprint density at radius 3 is 3.00 bits per heavy atom. The van der Waals surface area contributed by atoms with Crippen molar-refractivity contribution in [3.63, 3.8) is 0 Å². The van der Waals surface area contributed by atoms with E-state index in [4.69, 9.17) is 5.84 Å². The van der Waals surface area contributed by atoms with Crippen LogP contribution in [0.2, 0.25) is 0 Å². The minimum Gasteiger partial charge on any atom is -0.271 e. The summed E-state index contributed by atoms with van der Waals surface area (Å²) in [5.74, 6) is 8.35. The van der Waals surface area contributed by atoms with Gasteiger partial charge in [-0.2, -0.15) is 23.5 Å². The standard InChI is InChI=1S/C16H21N3S2/c1-2-14-16(21-9-8-20-14)15(19-17)12-6-5-11-4-3-7-18-13(11)10-12/h3-7,10,14-16,19H,2,8-9,17H2,1H3. The number of nitrogens with one attached hydrogen (secondary N) is 1. The average molecular weight is 319 g/mol. The predicted octanol–water partition coefficient (Wildman–Crippen LogP) is 3.37. The Morgan fingerprint density at radius 1 is 1.33 bits per heavy atom. The van der Waals surface area contributed by atoms with E-state index in [1.54, 1.807) is 0 Å². The first-order valence-corrected chi connectivity index (χ1v) is 9.47. The summed E-state index contributed by atoms with van der Waals surface area (Å²) in [7, 11) is 0. The molecule has 3 nitrogen and oxygen atoms in total. The van der Waals surface area contributed by atoms with Crippen LogP contribution in [0.25, 0.3) is 10.9 Å². The van der Waals surface area contributed by atoms with E-state index in [0.29, 0.717) is 10.5 Å². The maximum atomic E-state index is 5.90. The van der Waals surface area contributed by atoms with E-state index in [2.05, 4.69) is 53.4 Å². The SMILES string of the molecule is CCC1SCCSC1C(NN)c1ccc2cccnc2c1. The van der Waals surface area contributed by atoms with Gasteiger partial charge < -0.3 is 0 Å². The molecule has 3 atom stereocenters. The zero-order chi connectivity index (χ0) is 14.7. The van der Waals surface area contributed by atoms with Gasteiger partial charge >= 0.3 is 0 Å². The van der Waals surface area contributed by atoms with Crippen LogP contribution >= 0.6 is 23.5 Å². The molecule has 21 heavy (non-hydrogen) atoms. The number of aromatic nitrogens is 1. The number of hydrazine groups is 1. The topological polar surface area (TPSA) is 50.9 Å². The van der Waals surface area contributed by atoms with E-state index in [1.165, 1.54) is 28.9 Å². The van der Waals surface area contributed by atoms with E-state index in [0.717, 1.165) is 5.52 Å². The van der Waals surface area contributed by atoms with Gasteiger partial charge in [-0.1, -0.05) is 25.1 Å². The van der Waals surface area contributed by atoms with Crippen molar-refractivity contribution < 1.29 is 0 Å². The Balaban J connectivity index is 1.93. The number of fused-ring (bicyclic) bond motifs is 1. The molecule has 0 saturated carbocycles. The molecule has 3 unspecified atom stereocenters. The van der Waals surface area contributed by atoms with Crippen LogP contribution in [0.3, 0.4) is 0 Å². The quantitative estimate of drug-likeness (QED) is 0.668. The molecule has 1 aliphatic rings.